The molecule has 9 heteroatoms. The number of nitrogens with one attached hydrogen (secondary N) is 2. The van der Waals surface area contributed by atoms with Gasteiger partial charge in [-0.3, -0.25) is 9.59 Å². The van der Waals surface area contributed by atoms with Crippen LogP contribution in [0.25, 0.3) is 28.2 Å². The zero-order valence-corrected chi connectivity index (χ0v) is 26.8. The lowest BCUT2D eigenvalue weighted by molar-refractivity contribution is -0.131. The summed E-state index contributed by atoms with van der Waals surface area (Å²) in [6, 6.07) is 20.4. The Kier molecular flexibility index (Phi) is 8.66. The van der Waals surface area contributed by atoms with Crippen LogP contribution in [-0.4, -0.2) is 49.3 Å². The lowest BCUT2D eigenvalue weighted by atomic mass is 9.81. The van der Waals surface area contributed by atoms with Crippen LogP contribution in [0.2, 0.25) is 0 Å². The van der Waals surface area contributed by atoms with Gasteiger partial charge in [-0.1, -0.05) is 74.6 Å². The molecule has 248 valence electrons. The Morgan fingerprint density at radius 2 is 1.60 bits per heavy atom. The van der Waals surface area contributed by atoms with E-state index in [1.54, 1.807) is 24.3 Å². The number of amides is 2. The fraction of sp³-hybridized carbons (Fsp3) is 0.359. The molecule has 0 bridgehead atoms. The average Bonchev–Trinajstić information content (AvgIpc) is 3.68. The summed E-state index contributed by atoms with van der Waals surface area (Å²) >= 11 is 0. The van der Waals surface area contributed by atoms with Crippen LogP contribution in [0.15, 0.2) is 72.8 Å². The molecule has 0 radical (unpaired) electrons. The van der Waals surface area contributed by atoms with Crippen molar-refractivity contribution in [2.75, 3.05) is 5.32 Å². The van der Waals surface area contributed by atoms with Gasteiger partial charge in [0.2, 0.25) is 5.91 Å². The summed E-state index contributed by atoms with van der Waals surface area (Å²) in [5.74, 6) is -1.32. The number of fused-ring (bicyclic) bond motifs is 5. The summed E-state index contributed by atoms with van der Waals surface area (Å²) < 4.78 is 2.09. The van der Waals surface area contributed by atoms with Gasteiger partial charge >= 0.3 is 5.97 Å². The molecule has 7 rings (SSSR count). The highest BCUT2D eigenvalue weighted by atomic mass is 16.4. The van der Waals surface area contributed by atoms with E-state index in [2.05, 4.69) is 15.2 Å². The molecule has 2 saturated carbocycles. The van der Waals surface area contributed by atoms with E-state index in [9.17, 15) is 24.6 Å². The number of hydrogen-bond donors (Lipinski definition) is 5. The van der Waals surface area contributed by atoms with E-state index >= 15 is 0 Å². The van der Waals surface area contributed by atoms with Crippen molar-refractivity contribution < 1.29 is 29.7 Å². The molecule has 2 fully saturated rings. The zero-order valence-electron chi connectivity index (χ0n) is 26.8. The Labute approximate surface area is 279 Å². The number of anilines is 1. The van der Waals surface area contributed by atoms with Crippen molar-refractivity contribution in [1.82, 2.24) is 9.88 Å². The molecule has 0 unspecified atom stereocenters. The third-order valence-corrected chi connectivity index (χ3v) is 10.5. The first-order valence-corrected chi connectivity index (χ1v) is 17.0. The summed E-state index contributed by atoms with van der Waals surface area (Å²) in [7, 11) is 0. The van der Waals surface area contributed by atoms with Crippen LogP contribution in [0.3, 0.4) is 0 Å². The predicted octanol–water partition coefficient (Wildman–Crippen LogP) is 6.54. The van der Waals surface area contributed by atoms with Gasteiger partial charge in [-0.05, 0) is 78.6 Å². The van der Waals surface area contributed by atoms with Crippen LogP contribution in [0, 0.1) is 0 Å². The maximum absolute atomic E-state index is 14.0. The van der Waals surface area contributed by atoms with Gasteiger partial charge in [-0.15, -0.1) is 0 Å². The number of nitrogens with zero attached hydrogens (tertiary/aromatic N) is 1. The largest absolute Gasteiger partial charge is 0.478 e. The van der Waals surface area contributed by atoms with E-state index in [1.807, 2.05) is 42.5 Å². The van der Waals surface area contributed by atoms with Gasteiger partial charge in [0.05, 0.1) is 12.2 Å². The molecule has 2 amide bonds. The van der Waals surface area contributed by atoms with Crippen LogP contribution in [0.4, 0.5) is 5.69 Å². The minimum Gasteiger partial charge on any atom is -0.478 e. The van der Waals surface area contributed by atoms with Gasteiger partial charge in [0, 0.05) is 33.8 Å². The number of carboxylic acids is 1. The standard InChI is InChI=1S/C39H41N3O6/c43-32-23-42-31-22-26(15-18-30(31)34(25-8-2-1-3-9-25)35(42)28-10-4-5-11-29(28)36(32)46)37(47)41-39(20-6-7-21-39)38(48)40-27-16-12-24(13-17-27)14-19-33(44)45/h4-5,10-19,22,25,32,36,43,46H,1-3,6-9,20-21,23H2,(H,40,48)(H,41,47)(H,44,45)/t32-,36+/m1/s1. The molecule has 1 aliphatic heterocycles. The van der Waals surface area contributed by atoms with E-state index < -0.39 is 23.7 Å². The fourth-order valence-electron chi connectivity index (χ4n) is 8.04. The van der Waals surface area contributed by atoms with Crippen molar-refractivity contribution >= 4 is 40.4 Å². The van der Waals surface area contributed by atoms with Crippen LogP contribution in [0.5, 0.6) is 0 Å². The number of aliphatic hydroxyl groups excluding tert-OH is 2. The van der Waals surface area contributed by atoms with Gasteiger partial charge in [0.25, 0.3) is 5.91 Å². The third kappa shape index (κ3) is 5.93. The van der Waals surface area contributed by atoms with Gasteiger partial charge in [-0.2, -0.15) is 0 Å². The fourth-order valence-corrected chi connectivity index (χ4v) is 8.04. The number of aromatic nitrogens is 1. The van der Waals surface area contributed by atoms with Gasteiger partial charge in [-0.25, -0.2) is 4.79 Å². The second-order valence-corrected chi connectivity index (χ2v) is 13.5. The highest BCUT2D eigenvalue weighted by Crippen LogP contribution is 2.47. The van der Waals surface area contributed by atoms with Gasteiger partial charge in [0.1, 0.15) is 17.7 Å². The summed E-state index contributed by atoms with van der Waals surface area (Å²) in [6.45, 7) is 0.191. The molecule has 1 aromatic heterocycles. The SMILES string of the molecule is O=C(O)C=Cc1ccc(NC(=O)C2(NC(=O)c3ccc4c(C5CCCCC5)c5n(c4c3)C[C@@H](O)[C@@H](O)c3ccccc3-5)CCCC2)cc1. The summed E-state index contributed by atoms with van der Waals surface area (Å²) in [4.78, 5) is 38.6. The van der Waals surface area contributed by atoms with Crippen LogP contribution in [-0.2, 0) is 16.1 Å². The number of rotatable bonds is 7. The van der Waals surface area contributed by atoms with Crippen LogP contribution < -0.4 is 10.6 Å². The van der Waals surface area contributed by atoms with Crippen molar-refractivity contribution in [2.24, 2.45) is 0 Å². The van der Waals surface area contributed by atoms with Crippen molar-refractivity contribution in [3.8, 4) is 11.3 Å². The van der Waals surface area contributed by atoms with E-state index in [-0.39, 0.29) is 18.4 Å². The average molecular weight is 648 g/mol. The van der Waals surface area contributed by atoms with Crippen molar-refractivity contribution in [3.63, 3.8) is 0 Å². The van der Waals surface area contributed by atoms with E-state index in [0.717, 1.165) is 66.8 Å². The van der Waals surface area contributed by atoms with Crippen molar-refractivity contribution in [3.05, 3.63) is 95.1 Å². The molecular formula is C39H41N3O6. The lowest BCUT2D eigenvalue weighted by Gasteiger charge is -2.29. The first kappa shape index (κ1) is 31.8. The normalized spacial score (nSPS) is 20.6. The number of carboxylic acid groups (broad SMARTS) is 1. The molecule has 0 saturated heterocycles. The molecule has 2 atom stereocenters. The minimum atomic E-state index is -1.07. The van der Waals surface area contributed by atoms with E-state index in [0.29, 0.717) is 41.1 Å². The number of aliphatic hydroxyl groups is 2. The maximum Gasteiger partial charge on any atom is 0.328 e. The monoisotopic (exact) mass is 647 g/mol. The quantitative estimate of drug-likeness (QED) is 0.144. The Morgan fingerprint density at radius 3 is 2.33 bits per heavy atom. The molecule has 3 aromatic carbocycles. The van der Waals surface area contributed by atoms with Crippen LogP contribution >= 0.6 is 0 Å². The molecular weight excluding hydrogens is 606 g/mol. The van der Waals surface area contributed by atoms with Gasteiger partial charge in [0.15, 0.2) is 0 Å². The number of carbonyl (C=O) groups excluding carboxylic acids is 2. The van der Waals surface area contributed by atoms with Crippen molar-refractivity contribution in [1.29, 1.82) is 0 Å². The topological polar surface area (TPSA) is 141 Å². The minimum absolute atomic E-state index is 0.191. The number of benzene rings is 3. The first-order valence-electron chi connectivity index (χ1n) is 17.0. The summed E-state index contributed by atoms with van der Waals surface area (Å²) in [6.07, 6.45) is 8.79. The zero-order chi connectivity index (χ0) is 33.4. The summed E-state index contributed by atoms with van der Waals surface area (Å²) in [5, 5.41) is 38.3. The molecule has 3 aliphatic rings. The highest BCUT2D eigenvalue weighted by molar-refractivity contribution is 6.06. The highest BCUT2D eigenvalue weighted by Gasteiger charge is 2.43. The number of carbonyl (C=O) groups is 3. The smallest absolute Gasteiger partial charge is 0.328 e. The van der Waals surface area contributed by atoms with Gasteiger partial charge < -0.3 is 30.5 Å². The lowest BCUT2D eigenvalue weighted by Crippen LogP contribution is -2.55. The number of hydrogen-bond acceptors (Lipinski definition) is 5. The number of aliphatic carboxylic acids is 1. The first-order chi connectivity index (χ1) is 23.2. The molecule has 9 nitrogen and oxygen atoms in total. The molecule has 2 heterocycles. The molecule has 5 N–H and O–H groups in total. The Balaban J connectivity index is 1.22. The van der Waals surface area contributed by atoms with Crippen LogP contribution in [0.1, 0.15) is 96.9 Å². The molecule has 0 spiro atoms. The Bertz CT molecular complexity index is 1900. The van der Waals surface area contributed by atoms with E-state index in [4.69, 9.17) is 5.11 Å². The Hall–Kier alpha value is -4.73. The van der Waals surface area contributed by atoms with Crippen molar-refractivity contribution in [2.45, 2.75) is 88.0 Å². The third-order valence-electron chi connectivity index (χ3n) is 10.5. The predicted molar refractivity (Wildman–Crippen MR) is 185 cm³/mol. The summed E-state index contributed by atoms with van der Waals surface area (Å²) in [5.41, 5.74) is 5.30. The second kappa shape index (κ2) is 13.1. The Morgan fingerprint density at radius 1 is 0.875 bits per heavy atom. The second-order valence-electron chi connectivity index (χ2n) is 13.5. The molecule has 4 aromatic rings. The maximum atomic E-state index is 14.0. The van der Waals surface area contributed by atoms with E-state index in [1.165, 1.54) is 18.1 Å². The molecule has 48 heavy (non-hydrogen) atoms. The molecule has 2 aliphatic carbocycles.